The van der Waals surface area contributed by atoms with Crippen molar-refractivity contribution in [2.45, 2.75) is 90.4 Å². The van der Waals surface area contributed by atoms with Crippen molar-refractivity contribution in [2.75, 3.05) is 13.1 Å². The molecule has 0 aliphatic heterocycles. The number of nitrogens with two attached hydrogens (primary N) is 5. The molecule has 0 bridgehead atoms. The van der Waals surface area contributed by atoms with E-state index < -0.39 is 47.9 Å². The fourth-order valence-corrected chi connectivity index (χ4v) is 3.53. The van der Waals surface area contributed by atoms with E-state index in [-0.39, 0.29) is 49.7 Å². The molecule has 0 heterocycles. The summed E-state index contributed by atoms with van der Waals surface area (Å²) >= 11 is 0. The summed E-state index contributed by atoms with van der Waals surface area (Å²) in [5.74, 6) is -3.72. The van der Waals surface area contributed by atoms with Crippen LogP contribution in [0.3, 0.4) is 0 Å². The summed E-state index contributed by atoms with van der Waals surface area (Å²) in [6, 6.07) is -4.14. The monoisotopic (exact) mass is 556 g/mol. The lowest BCUT2D eigenvalue weighted by molar-refractivity contribution is -0.144. The van der Waals surface area contributed by atoms with Gasteiger partial charge in [-0.25, -0.2) is 4.79 Å². The number of aliphatic carboxylic acids is 1. The number of amides is 3. The molecule has 0 radical (unpaired) electrons. The predicted octanol–water partition coefficient (Wildman–Crippen LogP) is -1.95. The van der Waals surface area contributed by atoms with Crippen molar-refractivity contribution in [2.24, 2.45) is 50.5 Å². The summed E-state index contributed by atoms with van der Waals surface area (Å²) in [6.45, 7) is 7.64. The molecule has 0 aromatic carbocycles. The van der Waals surface area contributed by atoms with E-state index in [0.29, 0.717) is 25.7 Å². The summed E-state index contributed by atoms with van der Waals surface area (Å²) in [4.78, 5) is 58.7. The van der Waals surface area contributed by atoms with Gasteiger partial charge in [0.2, 0.25) is 17.7 Å². The molecule has 3 amide bonds. The van der Waals surface area contributed by atoms with Gasteiger partial charge in [0, 0.05) is 13.1 Å². The van der Waals surface area contributed by atoms with Gasteiger partial charge in [0.25, 0.3) is 0 Å². The summed E-state index contributed by atoms with van der Waals surface area (Å²) in [7, 11) is 0. The molecule has 0 rings (SSSR count). The van der Waals surface area contributed by atoms with Crippen molar-refractivity contribution >= 4 is 35.6 Å². The SMILES string of the molecule is CCC(C)C(N)C(=O)NC(CCCN=C(N)N)C(=O)NC(CCCN=C(N)N)C(=O)NC(C(=O)O)C(C)CC. The van der Waals surface area contributed by atoms with E-state index in [0.717, 1.165) is 0 Å². The number of guanidine groups is 2. The van der Waals surface area contributed by atoms with Crippen LogP contribution in [0, 0.1) is 11.8 Å². The number of carboxylic acid groups (broad SMARTS) is 1. The van der Waals surface area contributed by atoms with Gasteiger partial charge in [-0.3, -0.25) is 24.4 Å². The van der Waals surface area contributed by atoms with Crippen LogP contribution in [0.2, 0.25) is 0 Å². The van der Waals surface area contributed by atoms with Gasteiger partial charge in [0.15, 0.2) is 11.9 Å². The maximum Gasteiger partial charge on any atom is 0.326 e. The van der Waals surface area contributed by atoms with Gasteiger partial charge in [-0.15, -0.1) is 0 Å². The molecule has 0 aromatic rings. The van der Waals surface area contributed by atoms with Gasteiger partial charge in [0.1, 0.15) is 18.1 Å². The molecule has 6 unspecified atom stereocenters. The second kappa shape index (κ2) is 18.6. The lowest BCUT2D eigenvalue weighted by Gasteiger charge is -2.27. The first-order valence-electron chi connectivity index (χ1n) is 13.2. The van der Waals surface area contributed by atoms with E-state index in [1.807, 2.05) is 13.8 Å². The Labute approximate surface area is 230 Å². The zero-order valence-electron chi connectivity index (χ0n) is 23.5. The summed E-state index contributed by atoms with van der Waals surface area (Å²) in [5.41, 5.74) is 27.5. The second-order valence-electron chi connectivity index (χ2n) is 9.64. The standard InChI is InChI=1S/C24H48N10O5/c1-5-13(3)17(25)21(37)33-15(9-7-11-30-23(26)27)19(35)32-16(10-8-12-31-24(28)29)20(36)34-18(22(38)39)14(4)6-2/h13-18H,5-12,25H2,1-4H3,(H,32,35)(H,33,37)(H,34,36)(H,38,39)(H4,26,27,30)(H4,28,29,31). The van der Waals surface area contributed by atoms with Crippen LogP contribution in [0.5, 0.6) is 0 Å². The summed E-state index contributed by atoms with van der Waals surface area (Å²) < 4.78 is 0. The topological polar surface area (TPSA) is 279 Å². The minimum absolute atomic E-state index is 0.106. The molecular weight excluding hydrogens is 508 g/mol. The van der Waals surface area contributed by atoms with E-state index in [4.69, 9.17) is 28.7 Å². The van der Waals surface area contributed by atoms with Crippen molar-refractivity contribution < 1.29 is 24.3 Å². The number of nitrogens with zero attached hydrogens (tertiary/aromatic N) is 2. The number of rotatable bonds is 19. The first-order chi connectivity index (χ1) is 18.2. The molecule has 0 saturated heterocycles. The number of carbonyl (C=O) groups is 4. The van der Waals surface area contributed by atoms with Crippen molar-refractivity contribution in [3.8, 4) is 0 Å². The molecule has 15 heteroatoms. The largest absolute Gasteiger partial charge is 0.480 e. The number of hydrogen-bond acceptors (Lipinski definition) is 7. The second-order valence-corrected chi connectivity index (χ2v) is 9.64. The van der Waals surface area contributed by atoms with Gasteiger partial charge in [-0.2, -0.15) is 0 Å². The van der Waals surface area contributed by atoms with Crippen LogP contribution >= 0.6 is 0 Å². The van der Waals surface area contributed by atoms with Crippen LogP contribution in [0.4, 0.5) is 0 Å². The Balaban J connectivity index is 5.84. The first kappa shape index (κ1) is 35.4. The fraction of sp³-hybridized carbons (Fsp3) is 0.750. The maximum atomic E-state index is 13.3. The van der Waals surface area contributed by atoms with E-state index in [9.17, 15) is 24.3 Å². The third-order valence-electron chi connectivity index (χ3n) is 6.49. The number of carboxylic acids is 1. The van der Waals surface area contributed by atoms with Crippen molar-refractivity contribution in [1.29, 1.82) is 0 Å². The maximum absolute atomic E-state index is 13.3. The van der Waals surface area contributed by atoms with E-state index in [1.165, 1.54) is 0 Å². The van der Waals surface area contributed by atoms with Gasteiger partial charge in [-0.1, -0.05) is 40.5 Å². The highest BCUT2D eigenvalue weighted by atomic mass is 16.4. The van der Waals surface area contributed by atoms with Gasteiger partial charge in [-0.05, 0) is 37.5 Å². The Morgan fingerprint density at radius 3 is 1.51 bits per heavy atom. The number of aliphatic imine (C=N–C) groups is 2. The van der Waals surface area contributed by atoms with Crippen LogP contribution in [-0.2, 0) is 19.2 Å². The Morgan fingerprint density at radius 1 is 0.718 bits per heavy atom. The highest BCUT2D eigenvalue weighted by molar-refractivity contribution is 5.94. The van der Waals surface area contributed by atoms with Gasteiger partial charge in [0.05, 0.1) is 6.04 Å². The lowest BCUT2D eigenvalue weighted by atomic mass is 9.98. The Hall–Kier alpha value is -3.62. The summed E-state index contributed by atoms with van der Waals surface area (Å²) in [5, 5.41) is 17.4. The molecule has 0 aliphatic rings. The van der Waals surface area contributed by atoms with Gasteiger partial charge >= 0.3 is 5.97 Å². The zero-order valence-corrected chi connectivity index (χ0v) is 23.5. The minimum atomic E-state index is -1.19. The third-order valence-corrected chi connectivity index (χ3v) is 6.49. The summed E-state index contributed by atoms with van der Waals surface area (Å²) in [6.07, 6.45) is 2.12. The van der Waals surface area contributed by atoms with Crippen LogP contribution in [0.1, 0.15) is 66.2 Å². The molecule has 224 valence electrons. The molecule has 0 spiro atoms. The first-order valence-corrected chi connectivity index (χ1v) is 13.2. The third kappa shape index (κ3) is 14.2. The number of nitrogens with one attached hydrogen (secondary N) is 3. The molecule has 0 aliphatic carbocycles. The van der Waals surface area contributed by atoms with Crippen molar-refractivity contribution in [1.82, 2.24) is 16.0 Å². The fourth-order valence-electron chi connectivity index (χ4n) is 3.53. The molecule has 0 saturated carbocycles. The highest BCUT2D eigenvalue weighted by Gasteiger charge is 2.32. The van der Waals surface area contributed by atoms with Crippen LogP contribution in [0.25, 0.3) is 0 Å². The van der Waals surface area contributed by atoms with Crippen LogP contribution in [0.15, 0.2) is 9.98 Å². The average molecular weight is 557 g/mol. The quantitative estimate of drug-likeness (QED) is 0.0481. The van der Waals surface area contributed by atoms with Crippen LogP contribution < -0.4 is 44.6 Å². The predicted molar refractivity (Wildman–Crippen MR) is 150 cm³/mol. The van der Waals surface area contributed by atoms with E-state index in [1.54, 1.807) is 13.8 Å². The van der Waals surface area contributed by atoms with Crippen molar-refractivity contribution in [3.05, 3.63) is 0 Å². The van der Waals surface area contributed by atoms with Crippen LogP contribution in [-0.4, -0.2) is 78.0 Å². The molecular formula is C24H48N10O5. The number of hydrogen-bond donors (Lipinski definition) is 9. The van der Waals surface area contributed by atoms with Gasteiger partial charge < -0.3 is 49.7 Å². The molecule has 6 atom stereocenters. The number of carbonyl (C=O) groups excluding carboxylic acids is 3. The smallest absolute Gasteiger partial charge is 0.326 e. The van der Waals surface area contributed by atoms with Crippen molar-refractivity contribution in [3.63, 3.8) is 0 Å². The Bertz CT molecular complexity index is 858. The molecule has 0 aromatic heterocycles. The molecule has 39 heavy (non-hydrogen) atoms. The average Bonchev–Trinajstić information content (AvgIpc) is 2.88. The Kier molecular flexibility index (Phi) is 16.9. The van der Waals surface area contributed by atoms with E-state index >= 15 is 0 Å². The minimum Gasteiger partial charge on any atom is -0.480 e. The van der Waals surface area contributed by atoms with E-state index in [2.05, 4.69) is 25.9 Å². The highest BCUT2D eigenvalue weighted by Crippen LogP contribution is 2.11. The molecule has 0 fully saturated rings. The Morgan fingerprint density at radius 2 is 1.13 bits per heavy atom. The lowest BCUT2D eigenvalue weighted by Crippen LogP contribution is -2.58. The molecule has 15 nitrogen and oxygen atoms in total. The normalized spacial score (nSPS) is 15.4. The zero-order chi connectivity index (χ0) is 30.1. The molecule has 14 N–H and O–H groups in total.